The summed E-state index contributed by atoms with van der Waals surface area (Å²) in [5.41, 5.74) is 0.802. The predicted octanol–water partition coefficient (Wildman–Crippen LogP) is 1.10. The smallest absolute Gasteiger partial charge is 0.324 e. The number of benzene rings is 1. The second-order valence-corrected chi connectivity index (χ2v) is 5.69. The van der Waals surface area contributed by atoms with Gasteiger partial charge in [-0.15, -0.1) is 0 Å². The van der Waals surface area contributed by atoms with Crippen molar-refractivity contribution in [2.75, 3.05) is 19.6 Å². The molecule has 3 amide bonds. The molecule has 0 saturated carbocycles. The summed E-state index contributed by atoms with van der Waals surface area (Å²) in [5.74, 6) is -0.154. The molecule has 1 aromatic rings. The number of hydrogen-bond donors (Lipinski definition) is 2. The van der Waals surface area contributed by atoms with Gasteiger partial charge in [0.2, 0.25) is 5.91 Å². The second kappa shape index (κ2) is 5.81. The maximum absolute atomic E-state index is 12.8. The van der Waals surface area contributed by atoms with E-state index in [1.54, 1.807) is 12.1 Å². The summed E-state index contributed by atoms with van der Waals surface area (Å²) in [4.78, 5) is 25.7. The van der Waals surface area contributed by atoms with Crippen molar-refractivity contribution >= 4 is 11.9 Å². The third-order valence-electron chi connectivity index (χ3n) is 4.10. The Balaban J connectivity index is 1.59. The van der Waals surface area contributed by atoms with Crippen molar-refractivity contribution in [3.05, 3.63) is 35.6 Å². The molecule has 1 aromatic carbocycles. The number of piperidine rings is 2. The average molecular weight is 291 g/mol. The van der Waals surface area contributed by atoms with Crippen LogP contribution >= 0.6 is 0 Å². The topological polar surface area (TPSA) is 61.4 Å². The number of urea groups is 1. The van der Waals surface area contributed by atoms with Crippen LogP contribution in [-0.4, -0.2) is 36.5 Å². The Morgan fingerprint density at radius 1 is 1.33 bits per heavy atom. The molecule has 2 fully saturated rings. The summed E-state index contributed by atoms with van der Waals surface area (Å²) < 4.78 is 12.8. The minimum Gasteiger partial charge on any atom is -0.334 e. The molecule has 0 spiro atoms. The summed E-state index contributed by atoms with van der Waals surface area (Å²) in [7, 11) is 0. The highest BCUT2D eigenvalue weighted by atomic mass is 19.1. The number of hydrogen-bond acceptors (Lipinski definition) is 3. The molecule has 112 valence electrons. The van der Waals surface area contributed by atoms with E-state index < -0.39 is 0 Å². The molecule has 2 aliphatic heterocycles. The highest BCUT2D eigenvalue weighted by Crippen LogP contribution is 2.25. The zero-order valence-electron chi connectivity index (χ0n) is 11.6. The molecule has 2 saturated heterocycles. The van der Waals surface area contributed by atoms with E-state index in [4.69, 9.17) is 0 Å². The highest BCUT2D eigenvalue weighted by Gasteiger charge is 2.39. The minimum absolute atomic E-state index is 0.0888. The number of imide groups is 1. The molecule has 2 bridgehead atoms. The van der Waals surface area contributed by atoms with Crippen LogP contribution in [0.5, 0.6) is 0 Å². The summed E-state index contributed by atoms with van der Waals surface area (Å²) >= 11 is 0. The molecule has 2 N–H and O–H groups in total. The maximum Gasteiger partial charge on any atom is 0.324 e. The van der Waals surface area contributed by atoms with Crippen molar-refractivity contribution in [3.8, 4) is 0 Å². The molecular weight excluding hydrogens is 273 g/mol. The molecular formula is C15H18FN3O2. The largest absolute Gasteiger partial charge is 0.334 e. The van der Waals surface area contributed by atoms with Crippen molar-refractivity contribution in [2.45, 2.75) is 13.0 Å². The highest BCUT2D eigenvalue weighted by molar-refractivity contribution is 5.96. The Bertz CT molecular complexity index is 546. The van der Waals surface area contributed by atoms with Gasteiger partial charge in [-0.2, -0.15) is 0 Å². The normalized spacial score (nSPS) is 24.8. The van der Waals surface area contributed by atoms with Gasteiger partial charge in [-0.1, -0.05) is 12.1 Å². The molecule has 0 aliphatic carbocycles. The number of carbonyl (C=O) groups is 2. The zero-order valence-corrected chi connectivity index (χ0v) is 11.6. The van der Waals surface area contributed by atoms with Gasteiger partial charge < -0.3 is 10.6 Å². The summed E-state index contributed by atoms with van der Waals surface area (Å²) in [6, 6.07) is 5.58. The Hall–Kier alpha value is -1.95. The average Bonchev–Trinajstić information content (AvgIpc) is 2.50. The Morgan fingerprint density at radius 3 is 2.86 bits per heavy atom. The summed E-state index contributed by atoms with van der Waals surface area (Å²) in [5, 5.41) is 5.96. The van der Waals surface area contributed by atoms with Gasteiger partial charge in [0.25, 0.3) is 0 Å². The van der Waals surface area contributed by atoms with Gasteiger partial charge in [-0.3, -0.25) is 9.69 Å². The monoisotopic (exact) mass is 291 g/mol. The number of likely N-dealkylation sites (tertiary alicyclic amines) is 1. The summed E-state index contributed by atoms with van der Waals surface area (Å²) in [6.07, 6.45) is 0.869. The molecule has 0 aromatic heterocycles. The molecule has 2 unspecified atom stereocenters. The fourth-order valence-corrected chi connectivity index (χ4v) is 2.98. The molecule has 2 heterocycles. The van der Waals surface area contributed by atoms with Gasteiger partial charge in [0.1, 0.15) is 5.82 Å². The molecule has 6 heteroatoms. The van der Waals surface area contributed by atoms with E-state index in [0.29, 0.717) is 19.0 Å². The summed E-state index contributed by atoms with van der Waals surface area (Å²) in [6.45, 7) is 2.26. The van der Waals surface area contributed by atoms with E-state index in [-0.39, 0.29) is 30.2 Å². The van der Waals surface area contributed by atoms with Crippen LogP contribution in [0.3, 0.4) is 0 Å². The molecule has 2 atom stereocenters. The Morgan fingerprint density at radius 2 is 2.10 bits per heavy atom. The first-order valence-electron chi connectivity index (χ1n) is 7.18. The van der Waals surface area contributed by atoms with Crippen LogP contribution in [0, 0.1) is 17.7 Å². The SMILES string of the molecule is O=C(NCc1ccc(F)cc1)N1CC2CNCC(C2)C1=O. The molecule has 2 aliphatic rings. The number of rotatable bonds is 2. The third-order valence-corrected chi connectivity index (χ3v) is 4.10. The zero-order chi connectivity index (χ0) is 14.8. The number of nitrogens with one attached hydrogen (secondary N) is 2. The van der Waals surface area contributed by atoms with Gasteiger partial charge in [0.05, 0.1) is 5.92 Å². The number of halogens is 1. The van der Waals surface area contributed by atoms with E-state index in [9.17, 15) is 14.0 Å². The van der Waals surface area contributed by atoms with E-state index in [1.165, 1.54) is 17.0 Å². The number of carbonyl (C=O) groups excluding carboxylic acids is 2. The number of fused-ring (bicyclic) bond motifs is 2. The van der Waals surface area contributed by atoms with Crippen LogP contribution in [0.1, 0.15) is 12.0 Å². The number of amides is 3. The quantitative estimate of drug-likeness (QED) is 0.858. The fraction of sp³-hybridized carbons (Fsp3) is 0.467. The van der Waals surface area contributed by atoms with E-state index in [1.807, 2.05) is 0 Å². The van der Waals surface area contributed by atoms with Gasteiger partial charge in [-0.25, -0.2) is 9.18 Å². The van der Waals surface area contributed by atoms with Crippen molar-refractivity contribution in [3.63, 3.8) is 0 Å². The standard InChI is InChI=1S/C15H18FN3O2/c16-13-3-1-10(2-4-13)7-18-15(21)19-9-11-5-12(14(19)20)8-17-6-11/h1-4,11-12,17H,5-9H2,(H,18,21). The van der Waals surface area contributed by atoms with Crippen LogP contribution in [0.2, 0.25) is 0 Å². The molecule has 21 heavy (non-hydrogen) atoms. The lowest BCUT2D eigenvalue weighted by atomic mass is 9.85. The van der Waals surface area contributed by atoms with Crippen molar-refractivity contribution in [1.29, 1.82) is 0 Å². The van der Waals surface area contributed by atoms with E-state index in [0.717, 1.165) is 18.5 Å². The van der Waals surface area contributed by atoms with Crippen LogP contribution in [0.25, 0.3) is 0 Å². The second-order valence-electron chi connectivity index (χ2n) is 5.69. The van der Waals surface area contributed by atoms with Crippen LogP contribution in [-0.2, 0) is 11.3 Å². The first-order chi connectivity index (χ1) is 10.1. The Labute approximate surface area is 122 Å². The maximum atomic E-state index is 12.8. The lowest BCUT2D eigenvalue weighted by Crippen LogP contribution is -2.58. The lowest BCUT2D eigenvalue weighted by Gasteiger charge is -2.39. The molecule has 3 rings (SSSR count). The molecule has 0 radical (unpaired) electrons. The van der Waals surface area contributed by atoms with Crippen molar-refractivity contribution in [2.24, 2.45) is 11.8 Å². The fourth-order valence-electron chi connectivity index (χ4n) is 2.98. The van der Waals surface area contributed by atoms with Crippen molar-refractivity contribution in [1.82, 2.24) is 15.5 Å². The van der Waals surface area contributed by atoms with Crippen LogP contribution in [0.4, 0.5) is 9.18 Å². The molecule has 5 nitrogen and oxygen atoms in total. The van der Waals surface area contributed by atoms with Gasteiger partial charge in [0, 0.05) is 19.6 Å². The van der Waals surface area contributed by atoms with Gasteiger partial charge in [0.15, 0.2) is 0 Å². The van der Waals surface area contributed by atoms with Crippen molar-refractivity contribution < 1.29 is 14.0 Å². The van der Waals surface area contributed by atoms with Gasteiger partial charge >= 0.3 is 6.03 Å². The van der Waals surface area contributed by atoms with Crippen LogP contribution < -0.4 is 10.6 Å². The van der Waals surface area contributed by atoms with E-state index >= 15 is 0 Å². The predicted molar refractivity (Wildman–Crippen MR) is 74.8 cm³/mol. The van der Waals surface area contributed by atoms with E-state index in [2.05, 4.69) is 10.6 Å². The Kier molecular flexibility index (Phi) is 3.88. The van der Waals surface area contributed by atoms with Crippen LogP contribution in [0.15, 0.2) is 24.3 Å². The first kappa shape index (κ1) is 14.0. The number of nitrogens with zero attached hydrogens (tertiary/aromatic N) is 1. The van der Waals surface area contributed by atoms with Gasteiger partial charge in [-0.05, 0) is 36.6 Å². The first-order valence-corrected chi connectivity index (χ1v) is 7.18. The minimum atomic E-state index is -0.360. The lowest BCUT2D eigenvalue weighted by molar-refractivity contribution is -0.137. The third kappa shape index (κ3) is 3.05.